The van der Waals surface area contributed by atoms with Gasteiger partial charge in [-0.1, -0.05) is 380 Å². The highest BCUT2D eigenvalue weighted by Crippen LogP contribution is 2.20. The summed E-state index contributed by atoms with van der Waals surface area (Å²) in [6.07, 6.45) is 85.6. The maximum Gasteiger partial charge on any atom is 0.306 e. The van der Waals surface area contributed by atoms with Crippen molar-refractivity contribution in [3.8, 4) is 0 Å². The molecule has 0 aliphatic carbocycles. The van der Waals surface area contributed by atoms with Crippen LogP contribution < -0.4 is 0 Å². The van der Waals surface area contributed by atoms with Crippen molar-refractivity contribution >= 4 is 17.9 Å². The number of rotatable bonds is 70. The standard InChI is InChI=1S/C75H144O6/c1-4-7-10-13-16-19-22-25-28-29-30-31-32-33-34-35-36-37-38-39-40-41-42-43-44-45-46-48-50-53-56-59-62-65-68-74(77)80-71-72(70-79-73(76)67-64-61-58-55-52-49-27-24-21-18-15-12-9-6-3)81-75(78)69-66-63-60-57-54-51-47-26-23-20-17-14-11-8-5-2/h26,47,72H,4-25,27-46,48-71H2,1-3H3/b47-26-. The second-order valence-electron chi connectivity index (χ2n) is 25.6. The largest absolute Gasteiger partial charge is 0.462 e. The van der Waals surface area contributed by atoms with Gasteiger partial charge in [0.15, 0.2) is 6.10 Å². The van der Waals surface area contributed by atoms with Gasteiger partial charge in [-0.15, -0.1) is 0 Å². The molecule has 0 heterocycles. The first-order valence-corrected chi connectivity index (χ1v) is 37.2. The average molecular weight is 1140 g/mol. The molecule has 0 aliphatic heterocycles. The molecule has 0 radical (unpaired) electrons. The van der Waals surface area contributed by atoms with Gasteiger partial charge in [0.25, 0.3) is 0 Å². The molecule has 0 aromatic carbocycles. The Morgan fingerprint density at radius 3 is 0.617 bits per heavy atom. The molecule has 0 saturated carbocycles. The molecule has 0 saturated heterocycles. The van der Waals surface area contributed by atoms with Crippen LogP contribution in [-0.2, 0) is 28.6 Å². The Hall–Kier alpha value is -1.85. The van der Waals surface area contributed by atoms with Crippen LogP contribution in [0.25, 0.3) is 0 Å². The average Bonchev–Trinajstić information content (AvgIpc) is 3.47. The van der Waals surface area contributed by atoms with Crippen molar-refractivity contribution in [3.63, 3.8) is 0 Å². The topological polar surface area (TPSA) is 78.9 Å². The number of esters is 3. The Morgan fingerprint density at radius 2 is 0.407 bits per heavy atom. The third-order valence-electron chi connectivity index (χ3n) is 17.3. The number of unbranched alkanes of at least 4 members (excludes halogenated alkanes) is 57. The van der Waals surface area contributed by atoms with Crippen LogP contribution in [0.1, 0.15) is 432 Å². The van der Waals surface area contributed by atoms with Crippen molar-refractivity contribution in [2.24, 2.45) is 0 Å². The Bertz CT molecular complexity index is 1260. The van der Waals surface area contributed by atoms with E-state index in [0.29, 0.717) is 19.3 Å². The summed E-state index contributed by atoms with van der Waals surface area (Å²) in [5.41, 5.74) is 0. The number of carbonyl (C=O) groups is 3. The van der Waals surface area contributed by atoms with Gasteiger partial charge < -0.3 is 14.2 Å². The van der Waals surface area contributed by atoms with E-state index >= 15 is 0 Å². The molecule has 0 bridgehead atoms. The lowest BCUT2D eigenvalue weighted by Gasteiger charge is -2.18. The summed E-state index contributed by atoms with van der Waals surface area (Å²) in [4.78, 5) is 38.4. The van der Waals surface area contributed by atoms with E-state index in [1.54, 1.807) is 0 Å². The van der Waals surface area contributed by atoms with Gasteiger partial charge in [0.05, 0.1) is 0 Å². The Morgan fingerprint density at radius 1 is 0.235 bits per heavy atom. The molecule has 0 aromatic heterocycles. The zero-order chi connectivity index (χ0) is 58.5. The molecule has 0 rings (SSSR count). The molecule has 1 atom stereocenters. The van der Waals surface area contributed by atoms with Crippen LogP contribution in [0.4, 0.5) is 0 Å². The Balaban J connectivity index is 4.05. The molecule has 0 N–H and O–H groups in total. The molecule has 0 aromatic rings. The van der Waals surface area contributed by atoms with Gasteiger partial charge in [0.1, 0.15) is 13.2 Å². The quantitative estimate of drug-likeness (QED) is 0.0261. The van der Waals surface area contributed by atoms with E-state index in [1.165, 1.54) is 327 Å². The summed E-state index contributed by atoms with van der Waals surface area (Å²) in [5.74, 6) is -0.841. The molecule has 0 fully saturated rings. The number of allylic oxidation sites excluding steroid dienone is 2. The Labute approximate surface area is 507 Å². The van der Waals surface area contributed by atoms with Gasteiger partial charge in [-0.3, -0.25) is 14.4 Å². The zero-order valence-corrected chi connectivity index (χ0v) is 55.4. The fraction of sp³-hybridized carbons (Fsp3) is 0.933. The minimum Gasteiger partial charge on any atom is -0.462 e. The van der Waals surface area contributed by atoms with Gasteiger partial charge in [-0.25, -0.2) is 0 Å². The third-order valence-corrected chi connectivity index (χ3v) is 17.3. The third kappa shape index (κ3) is 68.8. The first kappa shape index (κ1) is 79.2. The molecule has 1 unspecified atom stereocenters. The highest BCUT2D eigenvalue weighted by molar-refractivity contribution is 5.71. The van der Waals surface area contributed by atoms with E-state index < -0.39 is 6.10 Å². The van der Waals surface area contributed by atoms with Crippen molar-refractivity contribution in [1.82, 2.24) is 0 Å². The van der Waals surface area contributed by atoms with Crippen LogP contribution in [0.5, 0.6) is 0 Å². The minimum absolute atomic E-state index is 0.0667. The van der Waals surface area contributed by atoms with Crippen LogP contribution in [0.15, 0.2) is 12.2 Å². The molecule has 0 amide bonds. The van der Waals surface area contributed by atoms with Crippen molar-refractivity contribution in [2.75, 3.05) is 13.2 Å². The maximum atomic E-state index is 12.9. The summed E-state index contributed by atoms with van der Waals surface area (Å²) in [5, 5.41) is 0. The second kappa shape index (κ2) is 70.6. The van der Waals surface area contributed by atoms with E-state index in [2.05, 4.69) is 32.9 Å². The minimum atomic E-state index is -0.770. The highest BCUT2D eigenvalue weighted by atomic mass is 16.6. The second-order valence-corrected chi connectivity index (χ2v) is 25.6. The number of ether oxygens (including phenoxy) is 3. The highest BCUT2D eigenvalue weighted by Gasteiger charge is 2.20. The van der Waals surface area contributed by atoms with Gasteiger partial charge in [-0.2, -0.15) is 0 Å². The Kier molecular flexibility index (Phi) is 69.0. The number of carbonyl (C=O) groups excluding carboxylic acids is 3. The van der Waals surface area contributed by atoms with Gasteiger partial charge in [0.2, 0.25) is 0 Å². The summed E-state index contributed by atoms with van der Waals surface area (Å²) in [6.45, 7) is 6.71. The van der Waals surface area contributed by atoms with E-state index in [4.69, 9.17) is 14.2 Å². The van der Waals surface area contributed by atoms with Crippen molar-refractivity contribution < 1.29 is 28.6 Å². The van der Waals surface area contributed by atoms with Crippen LogP contribution >= 0.6 is 0 Å². The van der Waals surface area contributed by atoms with Crippen molar-refractivity contribution in [1.29, 1.82) is 0 Å². The van der Waals surface area contributed by atoms with Gasteiger partial charge >= 0.3 is 17.9 Å². The van der Waals surface area contributed by atoms with E-state index in [-0.39, 0.29) is 31.1 Å². The molecule has 480 valence electrons. The number of hydrogen-bond acceptors (Lipinski definition) is 6. The van der Waals surface area contributed by atoms with Crippen LogP contribution in [-0.4, -0.2) is 37.2 Å². The maximum absolute atomic E-state index is 12.9. The van der Waals surface area contributed by atoms with Crippen LogP contribution in [0.2, 0.25) is 0 Å². The van der Waals surface area contributed by atoms with E-state index in [0.717, 1.165) is 64.2 Å². The molecule has 81 heavy (non-hydrogen) atoms. The summed E-state index contributed by atoms with van der Waals surface area (Å²) in [7, 11) is 0. The molecular formula is C75H144O6. The molecule has 0 aliphatic rings. The summed E-state index contributed by atoms with van der Waals surface area (Å²) >= 11 is 0. The van der Waals surface area contributed by atoms with Gasteiger partial charge in [0, 0.05) is 19.3 Å². The fourth-order valence-corrected chi connectivity index (χ4v) is 11.7. The zero-order valence-electron chi connectivity index (χ0n) is 55.4. The predicted molar refractivity (Wildman–Crippen MR) is 353 cm³/mol. The predicted octanol–water partition coefficient (Wildman–Crippen LogP) is 25.6. The number of hydrogen-bond donors (Lipinski definition) is 0. The summed E-state index contributed by atoms with van der Waals surface area (Å²) < 4.78 is 17.0. The van der Waals surface area contributed by atoms with Crippen LogP contribution in [0.3, 0.4) is 0 Å². The van der Waals surface area contributed by atoms with Gasteiger partial charge in [-0.05, 0) is 44.9 Å². The smallest absolute Gasteiger partial charge is 0.306 e. The lowest BCUT2D eigenvalue weighted by Crippen LogP contribution is -2.30. The molecule has 6 nitrogen and oxygen atoms in total. The lowest BCUT2D eigenvalue weighted by atomic mass is 10.0. The summed E-state index contributed by atoms with van der Waals surface area (Å²) in [6, 6.07) is 0. The molecule has 0 spiro atoms. The molecular weight excluding hydrogens is 997 g/mol. The van der Waals surface area contributed by atoms with E-state index in [1.807, 2.05) is 0 Å². The lowest BCUT2D eigenvalue weighted by molar-refractivity contribution is -0.167. The SMILES string of the molecule is CCCCCCCC/C=C\CCCCCCCC(=O)OC(COC(=O)CCCCCCCCCCCCCCCC)COC(=O)CCCCCCCCCCCCCCCCCCCCCCCCCCCCCCCCCCCC. The first-order valence-electron chi connectivity index (χ1n) is 37.2. The van der Waals surface area contributed by atoms with Crippen molar-refractivity contribution in [3.05, 3.63) is 12.2 Å². The van der Waals surface area contributed by atoms with Crippen molar-refractivity contribution in [2.45, 2.75) is 438 Å². The van der Waals surface area contributed by atoms with E-state index in [9.17, 15) is 14.4 Å². The first-order chi connectivity index (χ1) is 40.0. The monoisotopic (exact) mass is 1140 g/mol. The fourth-order valence-electron chi connectivity index (χ4n) is 11.7. The normalized spacial score (nSPS) is 12.0. The van der Waals surface area contributed by atoms with Crippen LogP contribution in [0, 0.1) is 0 Å². The molecule has 6 heteroatoms.